The fourth-order valence-corrected chi connectivity index (χ4v) is 3.88. The second-order valence-electron chi connectivity index (χ2n) is 6.40. The fourth-order valence-electron chi connectivity index (χ4n) is 3.88. The lowest BCUT2D eigenvalue weighted by molar-refractivity contribution is -0.286. The lowest BCUT2D eigenvalue weighted by atomic mass is 9.87. The van der Waals surface area contributed by atoms with Gasteiger partial charge in [-0.05, 0) is 48.8 Å². The van der Waals surface area contributed by atoms with Crippen LogP contribution in [0.3, 0.4) is 0 Å². The molecule has 3 aliphatic rings. The quantitative estimate of drug-likeness (QED) is 0.840. The van der Waals surface area contributed by atoms with Gasteiger partial charge in [-0.1, -0.05) is 18.9 Å². The van der Waals surface area contributed by atoms with Gasteiger partial charge in [0, 0.05) is 0 Å². The maximum absolute atomic E-state index is 13.0. The van der Waals surface area contributed by atoms with Gasteiger partial charge in [0.05, 0.1) is 12.7 Å². The molecule has 5 heteroatoms. The molecule has 0 aromatic heterocycles. The summed E-state index contributed by atoms with van der Waals surface area (Å²) in [5, 5.41) is 0. The summed E-state index contributed by atoms with van der Waals surface area (Å²) in [6.45, 7) is 0.437. The van der Waals surface area contributed by atoms with Crippen molar-refractivity contribution in [3.63, 3.8) is 0 Å². The Hall–Kier alpha value is -1.36. The molecule has 0 spiro atoms. The molecule has 4 rings (SSSR count). The van der Waals surface area contributed by atoms with Crippen molar-refractivity contribution in [2.24, 2.45) is 11.8 Å². The monoisotopic (exact) mass is 296 g/mol. The average Bonchev–Trinajstić information content (AvgIpc) is 2.93. The number of alkyl halides is 2. The number of rotatable bonds is 3. The Morgan fingerprint density at radius 1 is 1.05 bits per heavy atom. The van der Waals surface area contributed by atoms with Crippen molar-refractivity contribution in [1.29, 1.82) is 0 Å². The zero-order valence-electron chi connectivity index (χ0n) is 11.7. The fraction of sp³-hybridized carbons (Fsp3) is 0.625. The van der Waals surface area contributed by atoms with Gasteiger partial charge in [-0.2, -0.15) is 0 Å². The Balaban J connectivity index is 1.38. The molecule has 21 heavy (non-hydrogen) atoms. The normalized spacial score (nSPS) is 32.4. The number of benzene rings is 1. The summed E-state index contributed by atoms with van der Waals surface area (Å²) in [5.41, 5.74) is 0.841. The van der Waals surface area contributed by atoms with Gasteiger partial charge in [0.1, 0.15) is 0 Å². The van der Waals surface area contributed by atoms with Crippen LogP contribution < -0.4 is 9.47 Å². The molecule has 114 valence electrons. The first kappa shape index (κ1) is 13.3. The highest BCUT2D eigenvalue weighted by molar-refractivity contribution is 5.45. The van der Waals surface area contributed by atoms with Crippen molar-refractivity contribution in [2.75, 3.05) is 0 Å². The van der Waals surface area contributed by atoms with Crippen LogP contribution in [0.4, 0.5) is 8.78 Å². The Kier molecular flexibility index (Phi) is 3.06. The summed E-state index contributed by atoms with van der Waals surface area (Å²) in [7, 11) is 0. The number of hydrogen-bond donors (Lipinski definition) is 0. The van der Waals surface area contributed by atoms with E-state index in [9.17, 15) is 8.78 Å². The maximum atomic E-state index is 13.0. The number of ether oxygens (including phenoxy) is 3. The van der Waals surface area contributed by atoms with Gasteiger partial charge in [-0.15, -0.1) is 8.78 Å². The molecule has 1 aromatic carbocycles. The van der Waals surface area contributed by atoms with Crippen LogP contribution in [0.5, 0.6) is 11.5 Å². The maximum Gasteiger partial charge on any atom is 0.586 e. The second kappa shape index (κ2) is 4.83. The molecule has 1 aliphatic heterocycles. The molecule has 3 nitrogen and oxygen atoms in total. The van der Waals surface area contributed by atoms with E-state index < -0.39 is 6.29 Å². The van der Waals surface area contributed by atoms with E-state index in [1.165, 1.54) is 25.3 Å². The Morgan fingerprint density at radius 3 is 2.52 bits per heavy atom. The van der Waals surface area contributed by atoms with Crippen LogP contribution in [0.1, 0.15) is 37.7 Å². The van der Waals surface area contributed by atoms with Crippen LogP contribution in [-0.4, -0.2) is 12.4 Å². The highest BCUT2D eigenvalue weighted by Gasteiger charge is 2.43. The van der Waals surface area contributed by atoms with Gasteiger partial charge in [0.25, 0.3) is 0 Å². The number of halogens is 2. The molecule has 2 saturated carbocycles. The molecule has 2 aliphatic carbocycles. The first-order valence-electron chi connectivity index (χ1n) is 7.58. The smallest absolute Gasteiger partial charge is 0.395 e. The van der Waals surface area contributed by atoms with Crippen LogP contribution in [0.25, 0.3) is 0 Å². The van der Waals surface area contributed by atoms with E-state index in [1.54, 1.807) is 12.1 Å². The number of hydrogen-bond acceptors (Lipinski definition) is 3. The molecular weight excluding hydrogens is 278 g/mol. The molecule has 0 amide bonds. The van der Waals surface area contributed by atoms with Gasteiger partial charge in [-0.3, -0.25) is 0 Å². The van der Waals surface area contributed by atoms with E-state index in [0.717, 1.165) is 30.2 Å². The molecule has 1 heterocycles. The lowest BCUT2D eigenvalue weighted by Gasteiger charge is -2.27. The van der Waals surface area contributed by atoms with Crippen molar-refractivity contribution in [3.8, 4) is 11.5 Å². The van der Waals surface area contributed by atoms with Gasteiger partial charge in [-0.25, -0.2) is 0 Å². The van der Waals surface area contributed by atoms with Crippen LogP contribution in [0.15, 0.2) is 18.2 Å². The largest absolute Gasteiger partial charge is 0.586 e. The van der Waals surface area contributed by atoms with Crippen LogP contribution in [0, 0.1) is 11.8 Å². The Labute approximate surface area is 122 Å². The van der Waals surface area contributed by atoms with E-state index >= 15 is 0 Å². The van der Waals surface area contributed by atoms with E-state index in [1.807, 2.05) is 0 Å². The molecule has 1 aromatic rings. The van der Waals surface area contributed by atoms with Gasteiger partial charge < -0.3 is 14.2 Å². The summed E-state index contributed by atoms with van der Waals surface area (Å²) >= 11 is 0. The zero-order valence-corrected chi connectivity index (χ0v) is 11.7. The SMILES string of the molecule is FC1(F)Oc2ccc(CO[C@@H]3C[C@@H]4CC[C@@H](C4)C3)cc2O1. The van der Waals surface area contributed by atoms with Crippen LogP contribution >= 0.6 is 0 Å². The van der Waals surface area contributed by atoms with E-state index in [4.69, 9.17) is 4.74 Å². The molecule has 0 N–H and O–H groups in total. The van der Waals surface area contributed by atoms with Crippen molar-refractivity contribution in [3.05, 3.63) is 23.8 Å². The van der Waals surface area contributed by atoms with Crippen LogP contribution in [0.2, 0.25) is 0 Å². The third-order valence-corrected chi connectivity index (χ3v) is 4.79. The van der Waals surface area contributed by atoms with E-state index in [-0.39, 0.29) is 11.5 Å². The second-order valence-corrected chi connectivity index (χ2v) is 6.40. The molecule has 2 bridgehead atoms. The van der Waals surface area contributed by atoms with E-state index in [2.05, 4.69) is 9.47 Å². The van der Waals surface area contributed by atoms with Crippen molar-refractivity contribution in [1.82, 2.24) is 0 Å². The summed E-state index contributed by atoms with van der Waals surface area (Å²) < 4.78 is 40.7. The summed E-state index contributed by atoms with van der Waals surface area (Å²) in [4.78, 5) is 0. The van der Waals surface area contributed by atoms with Gasteiger partial charge in [0.15, 0.2) is 11.5 Å². The average molecular weight is 296 g/mol. The minimum absolute atomic E-state index is 0.0828. The molecule has 3 atom stereocenters. The minimum Gasteiger partial charge on any atom is -0.395 e. The highest BCUT2D eigenvalue weighted by Crippen LogP contribution is 2.44. The number of fused-ring (bicyclic) bond motifs is 3. The third kappa shape index (κ3) is 2.71. The first-order chi connectivity index (χ1) is 10.1. The third-order valence-electron chi connectivity index (χ3n) is 4.79. The Bertz CT molecular complexity index is 534. The highest BCUT2D eigenvalue weighted by atomic mass is 19.3. The first-order valence-corrected chi connectivity index (χ1v) is 7.58. The Morgan fingerprint density at radius 2 is 1.76 bits per heavy atom. The van der Waals surface area contributed by atoms with Crippen molar-refractivity contribution < 1.29 is 23.0 Å². The molecule has 0 unspecified atom stereocenters. The van der Waals surface area contributed by atoms with E-state index in [0.29, 0.717) is 12.7 Å². The lowest BCUT2D eigenvalue weighted by Crippen LogP contribution is -2.25. The summed E-state index contributed by atoms with van der Waals surface area (Å²) in [6, 6.07) is 4.84. The molecular formula is C16H18F2O3. The van der Waals surface area contributed by atoms with Crippen molar-refractivity contribution in [2.45, 2.75) is 51.1 Å². The summed E-state index contributed by atoms with van der Waals surface area (Å²) in [5.74, 6) is 1.82. The molecule has 0 saturated heterocycles. The standard InChI is InChI=1S/C16H18F2O3/c17-16(18)20-14-4-3-12(8-15(14)21-16)9-19-13-6-10-1-2-11(5-10)7-13/h3-4,8,10-11,13H,1-2,5-7,9H2/t10-,11+,13-. The molecule has 2 fully saturated rings. The molecule has 0 radical (unpaired) electrons. The minimum atomic E-state index is -3.55. The topological polar surface area (TPSA) is 27.7 Å². The summed E-state index contributed by atoms with van der Waals surface area (Å²) in [6.07, 6.45) is 3.07. The van der Waals surface area contributed by atoms with Gasteiger partial charge >= 0.3 is 6.29 Å². The predicted molar refractivity (Wildman–Crippen MR) is 71.3 cm³/mol. The zero-order chi connectivity index (χ0) is 14.4. The van der Waals surface area contributed by atoms with Crippen LogP contribution in [-0.2, 0) is 11.3 Å². The van der Waals surface area contributed by atoms with Crippen molar-refractivity contribution >= 4 is 0 Å². The van der Waals surface area contributed by atoms with Gasteiger partial charge in [0.2, 0.25) is 0 Å². The predicted octanol–water partition coefficient (Wildman–Crippen LogP) is 4.10.